The van der Waals surface area contributed by atoms with Crippen molar-refractivity contribution in [1.82, 2.24) is 20.7 Å². The Hall–Kier alpha value is -3.06. The first kappa shape index (κ1) is 25.6. The lowest BCUT2D eigenvalue weighted by molar-refractivity contribution is 0.0706. The normalized spacial score (nSPS) is 20.1. The van der Waals surface area contributed by atoms with Gasteiger partial charge in [-0.15, -0.1) is 0 Å². The lowest BCUT2D eigenvalue weighted by Gasteiger charge is -2.32. The molecule has 0 bridgehead atoms. The summed E-state index contributed by atoms with van der Waals surface area (Å²) in [7, 11) is 0. The Bertz CT molecular complexity index is 1150. The molecule has 5 rings (SSSR count). The first-order chi connectivity index (χ1) is 18.1. The van der Waals surface area contributed by atoms with E-state index in [2.05, 4.69) is 51.6 Å². The van der Waals surface area contributed by atoms with E-state index in [1.807, 2.05) is 25.3 Å². The summed E-state index contributed by atoms with van der Waals surface area (Å²) in [6.07, 6.45) is 7.88. The second-order valence-corrected chi connectivity index (χ2v) is 10.7. The van der Waals surface area contributed by atoms with Gasteiger partial charge in [-0.25, -0.2) is 5.48 Å². The lowest BCUT2D eigenvalue weighted by atomic mass is 9.96. The number of nitrogens with one attached hydrogen (secondary N) is 2. The van der Waals surface area contributed by atoms with E-state index in [9.17, 15) is 4.79 Å². The van der Waals surface area contributed by atoms with Gasteiger partial charge in [-0.2, -0.15) is 0 Å². The summed E-state index contributed by atoms with van der Waals surface area (Å²) in [4.78, 5) is 18.4. The minimum atomic E-state index is -0.466. The molecule has 3 aromatic rings. The molecule has 1 amide bonds. The van der Waals surface area contributed by atoms with Gasteiger partial charge in [-0.3, -0.25) is 15.0 Å². The summed E-state index contributed by atoms with van der Waals surface area (Å²) in [5.74, 6) is 0.961. The van der Waals surface area contributed by atoms with Gasteiger partial charge in [0.05, 0.1) is 0 Å². The third kappa shape index (κ3) is 6.83. The number of piperidine rings is 1. The Labute approximate surface area is 220 Å². The number of likely N-dealkylation sites (tertiary alicyclic amines) is 1. The average molecular weight is 499 g/mol. The van der Waals surface area contributed by atoms with Crippen LogP contribution in [-0.2, 0) is 6.42 Å². The van der Waals surface area contributed by atoms with Crippen LogP contribution in [0.3, 0.4) is 0 Å². The van der Waals surface area contributed by atoms with Gasteiger partial charge in [-0.1, -0.05) is 42.5 Å². The predicted molar refractivity (Wildman–Crippen MR) is 147 cm³/mol. The van der Waals surface area contributed by atoms with Gasteiger partial charge in [0.25, 0.3) is 5.91 Å². The minimum Gasteiger partial charge on any atom is -0.313 e. The molecule has 1 aromatic heterocycles. The molecule has 1 saturated heterocycles. The average Bonchev–Trinajstić information content (AvgIpc) is 3.73. The molecular weight excluding hydrogens is 460 g/mol. The van der Waals surface area contributed by atoms with E-state index in [0.717, 1.165) is 37.5 Å². The van der Waals surface area contributed by atoms with Gasteiger partial charge in [0.1, 0.15) is 0 Å². The second kappa shape index (κ2) is 12.0. The van der Waals surface area contributed by atoms with Crippen LogP contribution in [0.25, 0.3) is 11.1 Å². The van der Waals surface area contributed by atoms with E-state index in [-0.39, 0.29) is 0 Å². The van der Waals surface area contributed by atoms with Crippen LogP contribution in [-0.4, -0.2) is 53.2 Å². The van der Waals surface area contributed by atoms with Crippen LogP contribution in [0.15, 0.2) is 66.9 Å². The molecule has 3 N–H and O–H groups in total. The summed E-state index contributed by atoms with van der Waals surface area (Å²) < 4.78 is 0. The molecule has 2 heterocycles. The van der Waals surface area contributed by atoms with E-state index in [1.54, 1.807) is 17.6 Å². The van der Waals surface area contributed by atoms with Crippen molar-refractivity contribution in [1.29, 1.82) is 0 Å². The minimum absolute atomic E-state index is 0.466. The third-order valence-electron chi connectivity index (χ3n) is 8.01. The largest absolute Gasteiger partial charge is 0.313 e. The summed E-state index contributed by atoms with van der Waals surface area (Å²) >= 11 is 0. The molecule has 6 nitrogen and oxygen atoms in total. The van der Waals surface area contributed by atoms with Crippen molar-refractivity contribution >= 4 is 5.91 Å². The maximum Gasteiger partial charge on any atom is 0.274 e. The monoisotopic (exact) mass is 498 g/mol. The van der Waals surface area contributed by atoms with Crippen molar-refractivity contribution in [2.45, 2.75) is 51.0 Å². The molecule has 194 valence electrons. The summed E-state index contributed by atoms with van der Waals surface area (Å²) in [6, 6.07) is 21.4. The molecule has 2 fully saturated rings. The Kier molecular flexibility index (Phi) is 8.29. The Morgan fingerprint density at radius 3 is 2.41 bits per heavy atom. The number of pyridine rings is 1. The van der Waals surface area contributed by atoms with Crippen molar-refractivity contribution in [3.8, 4) is 11.1 Å². The van der Waals surface area contributed by atoms with E-state index >= 15 is 0 Å². The van der Waals surface area contributed by atoms with Crippen molar-refractivity contribution < 1.29 is 10.0 Å². The van der Waals surface area contributed by atoms with E-state index < -0.39 is 5.91 Å². The number of hydroxylamine groups is 1. The number of rotatable bonds is 10. The van der Waals surface area contributed by atoms with Crippen LogP contribution in [0.2, 0.25) is 0 Å². The molecule has 0 radical (unpaired) electrons. The number of aryl methyl sites for hydroxylation is 2. The highest BCUT2D eigenvalue weighted by Crippen LogP contribution is 2.41. The molecule has 37 heavy (non-hydrogen) atoms. The lowest BCUT2D eigenvalue weighted by Crippen LogP contribution is -2.38. The number of nitrogens with zero attached hydrogens (tertiary/aromatic N) is 2. The number of carbonyl (C=O) groups excluding carboxylic acids is 1. The van der Waals surface area contributed by atoms with Crippen molar-refractivity contribution in [3.63, 3.8) is 0 Å². The van der Waals surface area contributed by atoms with E-state index in [1.165, 1.54) is 54.6 Å². The maximum absolute atomic E-state index is 11.4. The Morgan fingerprint density at radius 1 is 1.00 bits per heavy atom. The molecule has 2 aromatic carbocycles. The highest BCUT2D eigenvalue weighted by molar-refractivity contribution is 5.93. The van der Waals surface area contributed by atoms with Crippen LogP contribution < -0.4 is 10.8 Å². The molecule has 2 aliphatic rings. The van der Waals surface area contributed by atoms with Gasteiger partial charge >= 0.3 is 0 Å². The van der Waals surface area contributed by atoms with Gasteiger partial charge < -0.3 is 10.2 Å². The van der Waals surface area contributed by atoms with Crippen LogP contribution in [0, 0.1) is 12.8 Å². The highest BCUT2D eigenvalue weighted by atomic mass is 16.5. The number of benzene rings is 2. The quantitative estimate of drug-likeness (QED) is 0.272. The molecule has 2 unspecified atom stereocenters. The fourth-order valence-electron chi connectivity index (χ4n) is 5.48. The summed E-state index contributed by atoms with van der Waals surface area (Å²) in [5.41, 5.74) is 8.29. The maximum atomic E-state index is 11.4. The molecule has 1 saturated carbocycles. The smallest absolute Gasteiger partial charge is 0.274 e. The van der Waals surface area contributed by atoms with Crippen LogP contribution in [0.5, 0.6) is 0 Å². The number of carbonyl (C=O) groups is 1. The Morgan fingerprint density at radius 2 is 1.73 bits per heavy atom. The number of amides is 1. The van der Waals surface area contributed by atoms with Crippen LogP contribution in [0.4, 0.5) is 0 Å². The van der Waals surface area contributed by atoms with Gasteiger partial charge in [0.15, 0.2) is 0 Å². The topological polar surface area (TPSA) is 77.5 Å². The fourth-order valence-corrected chi connectivity index (χ4v) is 5.48. The SMILES string of the molecule is Cc1ccc(-c2ccc(C3CC3NCC3CCN(CCCc4ccc(C(=O)NO)cc4)CC3)cc2)cn1. The molecular formula is C31H38N4O2. The Balaban J connectivity index is 0.976. The number of hydrogen-bond donors (Lipinski definition) is 3. The fraction of sp³-hybridized carbons (Fsp3) is 0.419. The van der Waals surface area contributed by atoms with Crippen LogP contribution in [0.1, 0.15) is 58.8 Å². The zero-order chi connectivity index (χ0) is 25.6. The molecule has 2 atom stereocenters. The van der Waals surface area contributed by atoms with Crippen molar-refractivity contribution in [2.75, 3.05) is 26.2 Å². The molecule has 6 heteroatoms. The summed E-state index contributed by atoms with van der Waals surface area (Å²) in [6.45, 7) is 6.65. The zero-order valence-electron chi connectivity index (χ0n) is 21.7. The zero-order valence-corrected chi connectivity index (χ0v) is 21.7. The van der Waals surface area contributed by atoms with Crippen molar-refractivity contribution in [2.24, 2.45) is 5.92 Å². The van der Waals surface area contributed by atoms with Gasteiger partial charge in [0.2, 0.25) is 0 Å². The van der Waals surface area contributed by atoms with Crippen LogP contribution >= 0.6 is 0 Å². The van der Waals surface area contributed by atoms with Gasteiger partial charge in [-0.05, 0) is 106 Å². The van der Waals surface area contributed by atoms with Crippen molar-refractivity contribution in [3.05, 3.63) is 89.2 Å². The predicted octanol–water partition coefficient (Wildman–Crippen LogP) is 4.97. The second-order valence-electron chi connectivity index (χ2n) is 10.7. The third-order valence-corrected chi connectivity index (χ3v) is 8.01. The molecule has 1 aliphatic heterocycles. The first-order valence-electron chi connectivity index (χ1n) is 13.6. The number of hydrogen-bond acceptors (Lipinski definition) is 5. The van der Waals surface area contributed by atoms with E-state index in [0.29, 0.717) is 17.5 Å². The highest BCUT2D eigenvalue weighted by Gasteiger charge is 2.38. The molecule has 1 aliphatic carbocycles. The van der Waals surface area contributed by atoms with E-state index in [4.69, 9.17) is 5.21 Å². The molecule has 0 spiro atoms. The standard InChI is InChI=1S/C31H38N4O2/c1-22-4-7-28(21-32-22)25-10-12-26(13-11-25)29-19-30(29)33-20-24-14-17-35(18-15-24)16-2-3-23-5-8-27(9-6-23)31(36)34-37/h4-13,21,24,29-30,33,37H,2-3,14-20H2,1H3,(H,34,36). The summed E-state index contributed by atoms with van der Waals surface area (Å²) in [5, 5.41) is 12.6. The first-order valence-corrected chi connectivity index (χ1v) is 13.6. The number of aromatic nitrogens is 1. The van der Waals surface area contributed by atoms with Gasteiger partial charge in [0, 0.05) is 35.0 Å².